The lowest BCUT2D eigenvalue weighted by molar-refractivity contribution is -0.142. The first-order valence-corrected chi connectivity index (χ1v) is 13.9. The number of hydrogen-bond donors (Lipinski definition) is 0. The lowest BCUT2D eigenvalue weighted by atomic mass is 10.0. The molecular weight excluding hydrogens is 528 g/mol. The van der Waals surface area contributed by atoms with E-state index in [2.05, 4.69) is 31.0 Å². The third-order valence-electron chi connectivity index (χ3n) is 6.75. The molecule has 3 aromatic carbocycles. The van der Waals surface area contributed by atoms with E-state index in [0.29, 0.717) is 30.3 Å². The Bertz CT molecular complexity index is 1740. The molecule has 0 amide bonds. The van der Waals surface area contributed by atoms with Crippen molar-refractivity contribution in [3.63, 3.8) is 0 Å². The molecule has 5 aromatic rings. The number of aromatic nitrogens is 3. The summed E-state index contributed by atoms with van der Waals surface area (Å²) in [5.41, 5.74) is 5.76. The predicted molar refractivity (Wildman–Crippen MR) is 160 cm³/mol. The molecule has 0 atom stereocenters. The van der Waals surface area contributed by atoms with E-state index >= 15 is 0 Å². The molecule has 42 heavy (non-hydrogen) atoms. The van der Waals surface area contributed by atoms with Gasteiger partial charge in [-0.05, 0) is 74.4 Å². The number of pyridine rings is 1. The molecular formula is C34H32N4O4. The Morgan fingerprint density at radius 3 is 2.60 bits per heavy atom. The van der Waals surface area contributed by atoms with Gasteiger partial charge in [0.2, 0.25) is 0 Å². The summed E-state index contributed by atoms with van der Waals surface area (Å²) in [6, 6.07) is 25.3. The highest BCUT2D eigenvalue weighted by Crippen LogP contribution is 2.32. The van der Waals surface area contributed by atoms with Crippen molar-refractivity contribution >= 4 is 16.9 Å². The second-order valence-corrected chi connectivity index (χ2v) is 10.1. The van der Waals surface area contributed by atoms with Crippen molar-refractivity contribution < 1.29 is 19.0 Å². The first-order valence-electron chi connectivity index (χ1n) is 13.9. The van der Waals surface area contributed by atoms with Gasteiger partial charge in [-0.1, -0.05) is 30.3 Å². The summed E-state index contributed by atoms with van der Waals surface area (Å²) < 4.78 is 19.4. The molecule has 0 N–H and O–H groups in total. The van der Waals surface area contributed by atoms with E-state index in [9.17, 15) is 10.1 Å². The molecule has 2 heterocycles. The highest BCUT2D eigenvalue weighted by atomic mass is 16.5. The Morgan fingerprint density at radius 1 is 0.976 bits per heavy atom. The highest BCUT2D eigenvalue weighted by molar-refractivity contribution is 5.87. The van der Waals surface area contributed by atoms with Gasteiger partial charge in [0.25, 0.3) is 0 Å². The highest BCUT2D eigenvalue weighted by Gasteiger charge is 2.17. The largest absolute Gasteiger partial charge is 0.489 e. The van der Waals surface area contributed by atoms with E-state index in [1.165, 1.54) is 0 Å². The number of benzene rings is 3. The first kappa shape index (κ1) is 28.4. The second kappa shape index (κ2) is 13.0. The maximum atomic E-state index is 12.1. The average Bonchev–Trinajstić information content (AvgIpc) is 3.38. The summed E-state index contributed by atoms with van der Waals surface area (Å²) in [7, 11) is 0. The smallest absolute Gasteiger partial charge is 0.310 e. The van der Waals surface area contributed by atoms with Gasteiger partial charge in [0, 0.05) is 34.9 Å². The topological polar surface area (TPSA) is 99.3 Å². The van der Waals surface area contributed by atoms with E-state index in [4.69, 9.17) is 19.3 Å². The van der Waals surface area contributed by atoms with Crippen molar-refractivity contribution in [3.8, 4) is 28.7 Å². The normalized spacial score (nSPS) is 10.9. The summed E-state index contributed by atoms with van der Waals surface area (Å²) in [4.78, 5) is 16.3. The van der Waals surface area contributed by atoms with E-state index in [0.717, 1.165) is 38.9 Å². The lowest BCUT2D eigenvalue weighted by Gasteiger charge is -2.11. The number of nitrogens with zero attached hydrogens (tertiary/aromatic N) is 4. The number of nitriles is 1. The quantitative estimate of drug-likeness (QED) is 0.164. The van der Waals surface area contributed by atoms with Gasteiger partial charge < -0.3 is 14.2 Å². The standard InChI is InChI=1S/C34H32N4O4/c1-4-40-34(39)18-27-9-5-6-10-33(27)42-22-31-30-17-26(11-12-32(30)38(37-31)23(2)3)28-14-25(19-35)15-29(16-28)41-21-24-8-7-13-36-20-24/h5-17,20,23H,4,18,21-22H2,1-3H3. The Morgan fingerprint density at radius 2 is 1.83 bits per heavy atom. The molecule has 0 radical (unpaired) electrons. The van der Waals surface area contributed by atoms with Gasteiger partial charge in [-0.3, -0.25) is 14.5 Å². The van der Waals surface area contributed by atoms with Gasteiger partial charge in [-0.15, -0.1) is 0 Å². The monoisotopic (exact) mass is 560 g/mol. The zero-order valence-corrected chi connectivity index (χ0v) is 23.9. The van der Waals surface area contributed by atoms with Crippen LogP contribution >= 0.6 is 0 Å². The minimum Gasteiger partial charge on any atom is -0.489 e. The maximum absolute atomic E-state index is 12.1. The van der Waals surface area contributed by atoms with Crippen molar-refractivity contribution in [2.75, 3.05) is 6.61 Å². The molecule has 0 saturated heterocycles. The van der Waals surface area contributed by atoms with Crippen LogP contribution in [-0.4, -0.2) is 27.3 Å². The van der Waals surface area contributed by atoms with Crippen molar-refractivity contribution in [2.45, 2.75) is 46.4 Å². The molecule has 0 spiro atoms. The summed E-state index contributed by atoms with van der Waals surface area (Å²) >= 11 is 0. The Hall–Kier alpha value is -5.16. The van der Waals surface area contributed by atoms with Gasteiger partial charge in [-0.25, -0.2) is 0 Å². The molecule has 0 aliphatic rings. The fraction of sp³-hybridized carbons (Fsp3) is 0.235. The first-order chi connectivity index (χ1) is 20.4. The van der Waals surface area contributed by atoms with Crippen LogP contribution in [-0.2, 0) is 29.2 Å². The zero-order chi connectivity index (χ0) is 29.5. The third kappa shape index (κ3) is 6.58. The third-order valence-corrected chi connectivity index (χ3v) is 6.75. The zero-order valence-electron chi connectivity index (χ0n) is 23.9. The van der Waals surface area contributed by atoms with Gasteiger partial charge in [0.15, 0.2) is 0 Å². The molecule has 5 rings (SSSR count). The molecule has 0 bridgehead atoms. The van der Waals surface area contributed by atoms with E-state index < -0.39 is 0 Å². The van der Waals surface area contributed by atoms with Crippen LogP contribution in [0.2, 0.25) is 0 Å². The van der Waals surface area contributed by atoms with Gasteiger partial charge in [0.1, 0.15) is 30.4 Å². The molecule has 8 heteroatoms. The van der Waals surface area contributed by atoms with Crippen LogP contribution in [0.3, 0.4) is 0 Å². The van der Waals surface area contributed by atoms with Gasteiger partial charge in [0.05, 0.1) is 30.2 Å². The van der Waals surface area contributed by atoms with Gasteiger partial charge >= 0.3 is 5.97 Å². The Balaban J connectivity index is 1.45. The second-order valence-electron chi connectivity index (χ2n) is 10.1. The predicted octanol–water partition coefficient (Wildman–Crippen LogP) is 6.81. The van der Waals surface area contributed by atoms with Crippen LogP contribution in [0.5, 0.6) is 11.5 Å². The van der Waals surface area contributed by atoms with Crippen LogP contribution < -0.4 is 9.47 Å². The number of rotatable bonds is 11. The molecule has 212 valence electrons. The van der Waals surface area contributed by atoms with Crippen molar-refractivity contribution in [1.29, 1.82) is 5.26 Å². The van der Waals surface area contributed by atoms with Crippen molar-refractivity contribution in [1.82, 2.24) is 14.8 Å². The summed E-state index contributed by atoms with van der Waals surface area (Å²) in [6.07, 6.45) is 3.61. The number of carbonyl (C=O) groups excluding carboxylic acids is 1. The number of para-hydroxylation sites is 1. The van der Waals surface area contributed by atoms with E-state index in [1.807, 2.05) is 65.3 Å². The fourth-order valence-corrected chi connectivity index (χ4v) is 4.75. The average molecular weight is 561 g/mol. The number of ether oxygens (including phenoxy) is 3. The van der Waals surface area contributed by atoms with E-state index in [1.54, 1.807) is 25.4 Å². The molecule has 8 nitrogen and oxygen atoms in total. The van der Waals surface area contributed by atoms with Crippen LogP contribution in [0.15, 0.2) is 85.2 Å². The number of carbonyl (C=O) groups is 1. The Kier molecular flexibility index (Phi) is 8.78. The van der Waals surface area contributed by atoms with Crippen LogP contribution in [0.1, 0.15) is 49.2 Å². The minimum absolute atomic E-state index is 0.135. The summed E-state index contributed by atoms with van der Waals surface area (Å²) in [5, 5.41) is 15.5. The van der Waals surface area contributed by atoms with Crippen molar-refractivity contribution in [2.24, 2.45) is 0 Å². The van der Waals surface area contributed by atoms with Crippen LogP contribution in [0.25, 0.3) is 22.0 Å². The number of esters is 1. The molecule has 0 aliphatic heterocycles. The summed E-state index contributed by atoms with van der Waals surface area (Å²) in [6.45, 7) is 6.86. The van der Waals surface area contributed by atoms with Crippen LogP contribution in [0.4, 0.5) is 0 Å². The number of hydrogen-bond acceptors (Lipinski definition) is 7. The molecule has 0 aliphatic carbocycles. The maximum Gasteiger partial charge on any atom is 0.310 e. The SMILES string of the molecule is CCOC(=O)Cc1ccccc1OCc1nn(C(C)C)c2ccc(-c3cc(C#N)cc(OCc4cccnc4)c3)cc12. The van der Waals surface area contributed by atoms with Gasteiger partial charge in [-0.2, -0.15) is 10.4 Å². The minimum atomic E-state index is -0.295. The lowest BCUT2D eigenvalue weighted by Crippen LogP contribution is -2.09. The van der Waals surface area contributed by atoms with Crippen LogP contribution in [0, 0.1) is 11.3 Å². The molecule has 0 saturated carbocycles. The molecule has 0 fully saturated rings. The molecule has 2 aromatic heterocycles. The summed E-state index contributed by atoms with van der Waals surface area (Å²) in [5.74, 6) is 0.926. The number of fused-ring (bicyclic) bond motifs is 1. The molecule has 0 unspecified atom stereocenters. The fourth-order valence-electron chi connectivity index (χ4n) is 4.75. The Labute approximate surface area is 245 Å². The van der Waals surface area contributed by atoms with Crippen molar-refractivity contribution in [3.05, 3.63) is 108 Å². The van der Waals surface area contributed by atoms with E-state index in [-0.39, 0.29) is 25.0 Å².